The van der Waals surface area contributed by atoms with Gasteiger partial charge in [0.05, 0.1) is 0 Å². The normalized spacial score (nSPS) is 11.2. The van der Waals surface area contributed by atoms with Crippen LogP contribution in [0.4, 0.5) is 0 Å². The number of benzene rings is 3. The van der Waals surface area contributed by atoms with E-state index < -0.39 is 5.60 Å². The zero-order valence-corrected chi connectivity index (χ0v) is 16.4. The van der Waals surface area contributed by atoms with Crippen LogP contribution in [0, 0.1) is 0 Å². The summed E-state index contributed by atoms with van der Waals surface area (Å²) in [6.07, 6.45) is 0. The Labute approximate surface area is 166 Å². The van der Waals surface area contributed by atoms with Crippen molar-refractivity contribution >= 4 is 11.6 Å². The van der Waals surface area contributed by atoms with Crippen LogP contribution in [-0.4, -0.2) is 23.8 Å². The van der Waals surface area contributed by atoms with Crippen LogP contribution in [0.3, 0.4) is 0 Å². The first-order valence-electron chi connectivity index (χ1n) is 9.41. The lowest BCUT2D eigenvalue weighted by molar-refractivity contribution is 0.00126. The summed E-state index contributed by atoms with van der Waals surface area (Å²) in [4.78, 5) is 25.3. The molecule has 0 saturated carbocycles. The predicted octanol–water partition coefficient (Wildman–Crippen LogP) is 5.58. The number of ether oxygens (including phenoxy) is 1. The average molecular weight is 372 g/mol. The Kier molecular flexibility index (Phi) is 5.86. The number of hydrogen-bond donors (Lipinski definition) is 0. The van der Waals surface area contributed by atoms with E-state index in [1.54, 1.807) is 38.1 Å². The largest absolute Gasteiger partial charge is 0.368 e. The van der Waals surface area contributed by atoms with E-state index in [-0.39, 0.29) is 11.6 Å². The van der Waals surface area contributed by atoms with E-state index in [9.17, 15) is 9.59 Å². The summed E-state index contributed by atoms with van der Waals surface area (Å²) < 4.78 is 5.52. The summed E-state index contributed by atoms with van der Waals surface area (Å²) in [7, 11) is 0. The second-order valence-corrected chi connectivity index (χ2v) is 7.12. The van der Waals surface area contributed by atoms with Crippen molar-refractivity contribution in [1.82, 2.24) is 0 Å². The lowest BCUT2D eigenvalue weighted by atomic mass is 9.94. The molecule has 0 amide bonds. The van der Waals surface area contributed by atoms with Crippen LogP contribution in [0.15, 0.2) is 78.9 Å². The van der Waals surface area contributed by atoms with Crippen molar-refractivity contribution in [3.05, 3.63) is 95.6 Å². The summed E-state index contributed by atoms with van der Waals surface area (Å²) in [6.45, 7) is 5.84. The summed E-state index contributed by atoms with van der Waals surface area (Å²) >= 11 is 0. The third-order valence-corrected chi connectivity index (χ3v) is 4.72. The molecule has 0 radical (unpaired) electrons. The van der Waals surface area contributed by atoms with Gasteiger partial charge in [0.2, 0.25) is 0 Å². The van der Waals surface area contributed by atoms with Gasteiger partial charge in [0.15, 0.2) is 11.6 Å². The molecule has 0 heterocycles. The third-order valence-electron chi connectivity index (χ3n) is 4.72. The first kappa shape index (κ1) is 19.7. The van der Waals surface area contributed by atoms with Crippen molar-refractivity contribution in [1.29, 1.82) is 0 Å². The van der Waals surface area contributed by atoms with Crippen molar-refractivity contribution < 1.29 is 14.3 Å². The Morgan fingerprint density at radius 3 is 1.71 bits per heavy atom. The molecule has 0 aliphatic heterocycles. The van der Waals surface area contributed by atoms with Crippen molar-refractivity contribution in [2.24, 2.45) is 0 Å². The first-order chi connectivity index (χ1) is 13.4. The van der Waals surface area contributed by atoms with Gasteiger partial charge in [-0.25, -0.2) is 0 Å². The molecule has 28 heavy (non-hydrogen) atoms. The Balaban J connectivity index is 1.77. The number of rotatable bonds is 7. The van der Waals surface area contributed by atoms with Gasteiger partial charge in [0.25, 0.3) is 0 Å². The fraction of sp³-hybridized carbons (Fsp3) is 0.200. The van der Waals surface area contributed by atoms with Crippen LogP contribution in [0.25, 0.3) is 11.1 Å². The molecule has 0 aromatic heterocycles. The van der Waals surface area contributed by atoms with E-state index in [4.69, 9.17) is 4.74 Å². The van der Waals surface area contributed by atoms with Crippen LogP contribution < -0.4 is 0 Å². The molecule has 0 bridgehead atoms. The topological polar surface area (TPSA) is 43.4 Å². The molecule has 0 fully saturated rings. The minimum absolute atomic E-state index is 0.0670. The molecule has 0 saturated heterocycles. The second kappa shape index (κ2) is 8.32. The van der Waals surface area contributed by atoms with Gasteiger partial charge >= 0.3 is 0 Å². The van der Waals surface area contributed by atoms with Crippen LogP contribution in [-0.2, 0) is 4.74 Å². The van der Waals surface area contributed by atoms with E-state index in [2.05, 4.69) is 0 Å². The molecule has 0 spiro atoms. The molecule has 3 nitrogen and oxygen atoms in total. The van der Waals surface area contributed by atoms with Crippen LogP contribution in [0.5, 0.6) is 0 Å². The highest BCUT2D eigenvalue weighted by atomic mass is 16.5. The van der Waals surface area contributed by atoms with Gasteiger partial charge in [0, 0.05) is 23.3 Å². The van der Waals surface area contributed by atoms with E-state index in [0.717, 1.165) is 11.1 Å². The Hall–Kier alpha value is -3.04. The quantitative estimate of drug-likeness (QED) is 0.508. The molecule has 0 atom stereocenters. The number of hydrogen-bond acceptors (Lipinski definition) is 3. The molecular weight excluding hydrogens is 348 g/mol. The smallest absolute Gasteiger partial charge is 0.194 e. The van der Waals surface area contributed by atoms with Crippen LogP contribution in [0.1, 0.15) is 47.1 Å². The zero-order valence-electron chi connectivity index (χ0n) is 16.4. The van der Waals surface area contributed by atoms with Gasteiger partial charge in [-0.05, 0) is 31.9 Å². The van der Waals surface area contributed by atoms with E-state index >= 15 is 0 Å². The monoisotopic (exact) mass is 372 g/mol. The van der Waals surface area contributed by atoms with Gasteiger partial charge in [-0.1, -0.05) is 78.9 Å². The van der Waals surface area contributed by atoms with Gasteiger partial charge in [0.1, 0.15) is 5.60 Å². The van der Waals surface area contributed by atoms with Gasteiger partial charge in [-0.2, -0.15) is 0 Å². The molecule has 3 aromatic carbocycles. The number of ketones is 2. The summed E-state index contributed by atoms with van der Waals surface area (Å²) in [5.41, 5.74) is 3.01. The maximum absolute atomic E-state index is 12.8. The standard InChI is InChI=1S/C25H24O3/c1-4-28-25(2,3)24(27)22-16-14-21(15-17-22)23(26)20-12-10-19(11-13-20)18-8-6-5-7-9-18/h5-17H,4H2,1-3H3. The van der Waals surface area contributed by atoms with E-state index in [1.165, 1.54) is 0 Å². The maximum Gasteiger partial charge on any atom is 0.194 e. The van der Waals surface area contributed by atoms with Crippen LogP contribution in [0.2, 0.25) is 0 Å². The van der Waals surface area contributed by atoms with E-state index in [0.29, 0.717) is 23.3 Å². The summed E-state index contributed by atoms with van der Waals surface area (Å²) in [5, 5.41) is 0. The minimum Gasteiger partial charge on any atom is -0.368 e. The summed E-state index contributed by atoms with van der Waals surface area (Å²) in [6, 6.07) is 24.4. The average Bonchev–Trinajstić information content (AvgIpc) is 2.73. The predicted molar refractivity (Wildman–Crippen MR) is 112 cm³/mol. The van der Waals surface area contributed by atoms with Gasteiger partial charge in [-0.15, -0.1) is 0 Å². The fourth-order valence-corrected chi connectivity index (χ4v) is 3.16. The maximum atomic E-state index is 12.8. The van der Waals surface area contributed by atoms with Crippen molar-refractivity contribution in [2.75, 3.05) is 6.61 Å². The highest BCUT2D eigenvalue weighted by Gasteiger charge is 2.29. The van der Waals surface area contributed by atoms with Crippen molar-refractivity contribution in [3.8, 4) is 11.1 Å². The number of Topliss-reactive ketones (excluding diaryl/α,β-unsaturated/α-hetero) is 1. The molecule has 142 valence electrons. The highest BCUT2D eigenvalue weighted by molar-refractivity contribution is 6.10. The number of carbonyl (C=O) groups excluding carboxylic acids is 2. The third kappa shape index (κ3) is 4.26. The molecule has 0 aliphatic carbocycles. The molecule has 3 rings (SSSR count). The molecule has 3 heteroatoms. The first-order valence-corrected chi connectivity index (χ1v) is 9.41. The zero-order chi connectivity index (χ0) is 20.1. The Morgan fingerprint density at radius 2 is 1.18 bits per heavy atom. The lowest BCUT2D eigenvalue weighted by Crippen LogP contribution is -2.35. The van der Waals surface area contributed by atoms with E-state index in [1.807, 2.05) is 61.5 Å². The molecule has 0 N–H and O–H groups in total. The van der Waals surface area contributed by atoms with Crippen molar-refractivity contribution in [3.63, 3.8) is 0 Å². The second-order valence-electron chi connectivity index (χ2n) is 7.12. The molecular formula is C25H24O3. The molecule has 0 aliphatic rings. The Morgan fingerprint density at radius 1 is 0.714 bits per heavy atom. The fourth-order valence-electron chi connectivity index (χ4n) is 3.16. The Bertz CT molecular complexity index is 953. The van der Waals surface area contributed by atoms with Gasteiger partial charge < -0.3 is 4.74 Å². The molecule has 3 aromatic rings. The minimum atomic E-state index is -0.881. The van der Waals surface area contributed by atoms with Crippen LogP contribution >= 0.6 is 0 Å². The van der Waals surface area contributed by atoms with Gasteiger partial charge in [-0.3, -0.25) is 9.59 Å². The highest BCUT2D eigenvalue weighted by Crippen LogP contribution is 2.22. The van der Waals surface area contributed by atoms with Crippen molar-refractivity contribution in [2.45, 2.75) is 26.4 Å². The lowest BCUT2D eigenvalue weighted by Gasteiger charge is -2.23. The number of carbonyl (C=O) groups is 2. The SMILES string of the molecule is CCOC(C)(C)C(=O)c1ccc(C(=O)c2ccc(-c3ccccc3)cc2)cc1. The summed E-state index contributed by atoms with van der Waals surface area (Å²) in [5.74, 6) is -0.164. The molecule has 0 unspecified atom stereocenters.